The number of anilines is 2. The minimum atomic E-state index is 0.134. The summed E-state index contributed by atoms with van der Waals surface area (Å²) in [5, 5.41) is 3.60. The number of aromatic nitrogens is 4. The molecule has 0 atom stereocenters. The average molecular weight is 475 g/mol. The second-order valence-corrected chi connectivity index (χ2v) is 9.21. The lowest BCUT2D eigenvalue weighted by Gasteiger charge is -2.31. The van der Waals surface area contributed by atoms with E-state index in [4.69, 9.17) is 14.2 Å². The van der Waals surface area contributed by atoms with Gasteiger partial charge >= 0.3 is 0 Å². The zero-order valence-corrected chi connectivity index (χ0v) is 19.8. The van der Waals surface area contributed by atoms with Gasteiger partial charge in [0, 0.05) is 49.7 Å². The van der Waals surface area contributed by atoms with Crippen LogP contribution in [0.5, 0.6) is 11.5 Å². The third-order valence-electron chi connectivity index (χ3n) is 6.93. The highest BCUT2D eigenvalue weighted by atomic mass is 16.5. The Balaban J connectivity index is 1.15. The minimum absolute atomic E-state index is 0.134. The van der Waals surface area contributed by atoms with Crippen molar-refractivity contribution in [1.82, 2.24) is 19.9 Å². The van der Waals surface area contributed by atoms with Gasteiger partial charge in [-0.25, -0.2) is 15.0 Å². The summed E-state index contributed by atoms with van der Waals surface area (Å²) in [7, 11) is 0. The van der Waals surface area contributed by atoms with E-state index in [1.54, 1.807) is 18.5 Å². The van der Waals surface area contributed by atoms with Crippen LogP contribution < -0.4 is 19.7 Å². The molecule has 0 unspecified atom stereocenters. The highest BCUT2D eigenvalue weighted by Gasteiger charge is 2.27. The number of nitrogens with one attached hydrogen (secondary N) is 1. The van der Waals surface area contributed by atoms with E-state index in [9.17, 15) is 0 Å². The normalized spacial score (nSPS) is 21.9. The molecule has 1 saturated heterocycles. The summed E-state index contributed by atoms with van der Waals surface area (Å²) in [6.07, 6.45) is 9.96. The maximum Gasteiger partial charge on any atom is 0.183 e. The van der Waals surface area contributed by atoms with Crippen LogP contribution in [0, 0.1) is 0 Å². The molecule has 9 heteroatoms. The van der Waals surface area contributed by atoms with Gasteiger partial charge in [-0.05, 0) is 37.8 Å². The second kappa shape index (κ2) is 9.65. The van der Waals surface area contributed by atoms with Crippen molar-refractivity contribution in [2.45, 2.75) is 44.2 Å². The molecule has 1 N–H and O–H groups in total. The number of fused-ring (bicyclic) bond motifs is 2. The number of benzene rings is 1. The van der Waals surface area contributed by atoms with Crippen LogP contribution in [-0.4, -0.2) is 65.0 Å². The topological polar surface area (TPSA) is 94.5 Å². The molecule has 35 heavy (non-hydrogen) atoms. The van der Waals surface area contributed by atoms with E-state index < -0.39 is 0 Å². The number of morpholine rings is 1. The molecule has 3 aliphatic rings. The Morgan fingerprint density at radius 1 is 1.03 bits per heavy atom. The molecule has 2 aromatic heterocycles. The molecule has 0 bridgehead atoms. The Kier molecular flexibility index (Phi) is 6.08. The van der Waals surface area contributed by atoms with Gasteiger partial charge in [0.05, 0.1) is 37.1 Å². The Morgan fingerprint density at radius 2 is 1.86 bits per heavy atom. The number of ether oxygens (including phenoxy) is 3. The Morgan fingerprint density at radius 3 is 2.69 bits per heavy atom. The third kappa shape index (κ3) is 4.60. The fourth-order valence-corrected chi connectivity index (χ4v) is 5.10. The molecular weight excluding hydrogens is 444 g/mol. The summed E-state index contributed by atoms with van der Waals surface area (Å²) >= 11 is 0. The van der Waals surface area contributed by atoms with Gasteiger partial charge in [-0.2, -0.15) is 0 Å². The van der Waals surface area contributed by atoms with Crippen LogP contribution in [0.4, 0.5) is 11.5 Å². The molecule has 182 valence electrons. The highest BCUT2D eigenvalue weighted by molar-refractivity contribution is 5.85. The summed E-state index contributed by atoms with van der Waals surface area (Å²) in [6, 6.07) is 4.53. The van der Waals surface area contributed by atoms with Crippen LogP contribution in [0.1, 0.15) is 37.2 Å². The number of hydrogen-bond donors (Lipinski definition) is 1. The zero-order chi connectivity index (χ0) is 23.6. The molecule has 0 radical (unpaired) electrons. The van der Waals surface area contributed by atoms with E-state index >= 15 is 0 Å². The fourth-order valence-electron chi connectivity index (χ4n) is 5.10. The molecule has 2 fully saturated rings. The van der Waals surface area contributed by atoms with Crippen LogP contribution in [0.15, 0.2) is 31.1 Å². The average Bonchev–Trinajstić information content (AvgIpc) is 3.39. The minimum Gasteiger partial charge on any atom is -0.488 e. The first-order chi connectivity index (χ1) is 17.3. The summed E-state index contributed by atoms with van der Waals surface area (Å²) in [4.78, 5) is 20.6. The van der Waals surface area contributed by atoms with Gasteiger partial charge in [0.15, 0.2) is 17.4 Å². The van der Waals surface area contributed by atoms with Crippen LogP contribution in [-0.2, 0) is 11.2 Å². The molecule has 9 nitrogen and oxygen atoms in total. The molecule has 4 heterocycles. The van der Waals surface area contributed by atoms with E-state index in [2.05, 4.69) is 48.9 Å². The summed E-state index contributed by atoms with van der Waals surface area (Å²) in [5.41, 5.74) is 3.75. The van der Waals surface area contributed by atoms with Crippen molar-refractivity contribution < 1.29 is 14.2 Å². The quantitative estimate of drug-likeness (QED) is 0.575. The molecule has 0 amide bonds. The fraction of sp³-hybridized carbons (Fsp3) is 0.462. The Bertz CT molecular complexity index is 1220. The largest absolute Gasteiger partial charge is 0.488 e. The Hall–Kier alpha value is -3.46. The summed E-state index contributed by atoms with van der Waals surface area (Å²) < 4.78 is 17.9. The first-order valence-electron chi connectivity index (χ1n) is 12.4. The number of hydrogen-bond acceptors (Lipinski definition) is 9. The van der Waals surface area contributed by atoms with Gasteiger partial charge in [0.25, 0.3) is 0 Å². The molecule has 3 aromatic rings. The maximum absolute atomic E-state index is 6.56. The van der Waals surface area contributed by atoms with Crippen molar-refractivity contribution in [3.05, 3.63) is 42.6 Å². The zero-order valence-electron chi connectivity index (χ0n) is 19.8. The van der Waals surface area contributed by atoms with E-state index in [1.807, 2.05) is 0 Å². The predicted molar refractivity (Wildman–Crippen MR) is 134 cm³/mol. The van der Waals surface area contributed by atoms with E-state index in [-0.39, 0.29) is 6.10 Å². The van der Waals surface area contributed by atoms with Gasteiger partial charge in [-0.3, -0.25) is 4.98 Å². The van der Waals surface area contributed by atoms with Crippen molar-refractivity contribution in [2.75, 3.05) is 43.1 Å². The van der Waals surface area contributed by atoms with Crippen molar-refractivity contribution in [3.8, 4) is 11.5 Å². The van der Waals surface area contributed by atoms with Gasteiger partial charge in [-0.15, -0.1) is 0 Å². The van der Waals surface area contributed by atoms with Crippen molar-refractivity contribution >= 4 is 28.6 Å². The second-order valence-electron chi connectivity index (χ2n) is 9.21. The maximum atomic E-state index is 6.56. The van der Waals surface area contributed by atoms with E-state index in [1.165, 1.54) is 0 Å². The van der Waals surface area contributed by atoms with Crippen LogP contribution in [0.3, 0.4) is 0 Å². The lowest BCUT2D eigenvalue weighted by atomic mass is 9.93. The van der Waals surface area contributed by atoms with Crippen LogP contribution in [0.2, 0.25) is 0 Å². The van der Waals surface area contributed by atoms with Crippen molar-refractivity contribution in [2.24, 2.45) is 0 Å². The van der Waals surface area contributed by atoms with Crippen LogP contribution in [0.25, 0.3) is 17.1 Å². The lowest BCUT2D eigenvalue weighted by Crippen LogP contribution is -2.36. The Labute approximate surface area is 204 Å². The summed E-state index contributed by atoms with van der Waals surface area (Å²) in [5.74, 6) is 3.03. The molecule has 6 rings (SSSR count). The van der Waals surface area contributed by atoms with Gasteiger partial charge in [-0.1, -0.05) is 6.58 Å². The van der Waals surface area contributed by atoms with E-state index in [0.717, 1.165) is 98.1 Å². The molecule has 2 aliphatic heterocycles. The van der Waals surface area contributed by atoms with Crippen molar-refractivity contribution in [3.63, 3.8) is 0 Å². The molecule has 1 saturated carbocycles. The first kappa shape index (κ1) is 22.0. The standard InChI is InChI=1S/C26H30N6O3/c1-2-23-30-20-7-12-34-25(20)26(31-23)29-17-3-5-19(6-4-17)35-22-16-18(32-10-13-33-14-11-32)15-21-24(22)28-9-8-27-21/h2,8-9,15-17,19H,1,3-7,10-14H2,(H,29,30,31). The summed E-state index contributed by atoms with van der Waals surface area (Å²) in [6.45, 7) is 7.68. The van der Waals surface area contributed by atoms with Gasteiger partial charge in [0.2, 0.25) is 0 Å². The molecular formula is C26H30N6O3. The first-order valence-corrected chi connectivity index (χ1v) is 12.4. The molecule has 1 aromatic carbocycles. The number of nitrogens with zero attached hydrogens (tertiary/aromatic N) is 5. The van der Waals surface area contributed by atoms with E-state index in [0.29, 0.717) is 18.5 Å². The van der Waals surface area contributed by atoms with Gasteiger partial charge in [0.1, 0.15) is 11.3 Å². The highest BCUT2D eigenvalue weighted by Crippen LogP contribution is 2.35. The van der Waals surface area contributed by atoms with Gasteiger partial charge < -0.3 is 24.4 Å². The number of rotatable bonds is 6. The van der Waals surface area contributed by atoms with Crippen molar-refractivity contribution in [1.29, 1.82) is 0 Å². The monoisotopic (exact) mass is 474 g/mol. The lowest BCUT2D eigenvalue weighted by molar-refractivity contribution is 0.122. The third-order valence-corrected chi connectivity index (χ3v) is 6.93. The van der Waals surface area contributed by atoms with Crippen LogP contribution >= 0.6 is 0 Å². The smallest absolute Gasteiger partial charge is 0.183 e. The molecule has 0 spiro atoms. The SMILES string of the molecule is C=Cc1nc2c(c(NC3CCC(Oc4cc(N5CCOCC5)cc5nccnc45)CC3)n1)OCC2. The molecule has 1 aliphatic carbocycles. The predicted octanol–water partition coefficient (Wildman–Crippen LogP) is 3.64.